The fourth-order valence-corrected chi connectivity index (χ4v) is 3.32. The SMILES string of the molecule is Cl.FC(F)(F)c1ccc(CN2CCC3NCCC3C2)cc1. The summed E-state index contributed by atoms with van der Waals surface area (Å²) in [5.74, 6) is 0.707. The molecule has 0 amide bonds. The first-order chi connectivity index (χ1) is 9.52. The average molecular weight is 321 g/mol. The molecule has 2 saturated heterocycles. The highest BCUT2D eigenvalue weighted by Crippen LogP contribution is 2.30. The van der Waals surface area contributed by atoms with E-state index >= 15 is 0 Å². The third-order valence-corrected chi connectivity index (χ3v) is 4.43. The van der Waals surface area contributed by atoms with Gasteiger partial charge in [-0.3, -0.25) is 4.90 Å². The van der Waals surface area contributed by atoms with Crippen molar-refractivity contribution < 1.29 is 13.2 Å². The average Bonchev–Trinajstić information content (AvgIpc) is 2.86. The van der Waals surface area contributed by atoms with Gasteiger partial charge in [0.25, 0.3) is 0 Å². The summed E-state index contributed by atoms with van der Waals surface area (Å²) in [6.07, 6.45) is -1.88. The molecule has 1 aromatic carbocycles. The Hall–Kier alpha value is -0.780. The zero-order valence-corrected chi connectivity index (χ0v) is 12.5. The molecule has 2 heterocycles. The number of alkyl halides is 3. The number of rotatable bonds is 2. The van der Waals surface area contributed by atoms with Crippen molar-refractivity contribution in [3.05, 3.63) is 35.4 Å². The highest BCUT2D eigenvalue weighted by molar-refractivity contribution is 5.85. The molecule has 0 bridgehead atoms. The summed E-state index contributed by atoms with van der Waals surface area (Å²) in [6.45, 7) is 3.93. The van der Waals surface area contributed by atoms with Crippen LogP contribution in [0.5, 0.6) is 0 Å². The van der Waals surface area contributed by atoms with Crippen LogP contribution in [-0.4, -0.2) is 30.6 Å². The van der Waals surface area contributed by atoms with Crippen LogP contribution in [0.4, 0.5) is 13.2 Å². The van der Waals surface area contributed by atoms with Crippen LogP contribution in [0.3, 0.4) is 0 Å². The molecule has 6 heteroatoms. The summed E-state index contributed by atoms with van der Waals surface area (Å²) in [4.78, 5) is 2.36. The lowest BCUT2D eigenvalue weighted by molar-refractivity contribution is -0.137. The van der Waals surface area contributed by atoms with Crippen molar-refractivity contribution in [3.63, 3.8) is 0 Å². The van der Waals surface area contributed by atoms with E-state index in [0.29, 0.717) is 12.0 Å². The Bertz CT molecular complexity index is 461. The number of nitrogens with zero attached hydrogens (tertiary/aromatic N) is 1. The Balaban J connectivity index is 0.00000161. The van der Waals surface area contributed by atoms with Crippen molar-refractivity contribution >= 4 is 12.4 Å². The standard InChI is InChI=1S/C15H19F3N2.ClH/c16-15(17,18)13-3-1-11(2-4-13)9-20-8-6-14-12(10-20)5-7-19-14;/h1-4,12,14,19H,5-10H2;1H. The summed E-state index contributed by atoms with van der Waals surface area (Å²) < 4.78 is 37.5. The van der Waals surface area contributed by atoms with E-state index < -0.39 is 11.7 Å². The van der Waals surface area contributed by atoms with Gasteiger partial charge in [0.05, 0.1) is 5.56 Å². The van der Waals surface area contributed by atoms with E-state index in [2.05, 4.69) is 10.2 Å². The summed E-state index contributed by atoms with van der Waals surface area (Å²) in [5.41, 5.74) is 0.391. The molecule has 0 radical (unpaired) electrons. The van der Waals surface area contributed by atoms with Gasteiger partial charge in [0, 0.05) is 19.1 Å². The lowest BCUT2D eigenvalue weighted by atomic mass is 9.93. The molecule has 2 nitrogen and oxygen atoms in total. The maximum absolute atomic E-state index is 12.5. The molecule has 0 saturated carbocycles. The van der Waals surface area contributed by atoms with Crippen molar-refractivity contribution in [2.45, 2.75) is 31.6 Å². The largest absolute Gasteiger partial charge is 0.416 e. The molecule has 0 spiro atoms. The number of hydrogen-bond donors (Lipinski definition) is 1. The van der Waals surface area contributed by atoms with Gasteiger partial charge < -0.3 is 5.32 Å². The Morgan fingerprint density at radius 2 is 1.86 bits per heavy atom. The molecule has 2 atom stereocenters. The molecule has 2 aliphatic heterocycles. The number of nitrogens with one attached hydrogen (secondary N) is 1. The number of likely N-dealkylation sites (tertiary alicyclic amines) is 1. The zero-order valence-electron chi connectivity index (χ0n) is 11.7. The maximum Gasteiger partial charge on any atom is 0.416 e. The molecule has 3 rings (SSSR count). The van der Waals surface area contributed by atoms with Gasteiger partial charge in [0.15, 0.2) is 0 Å². The summed E-state index contributed by atoms with van der Waals surface area (Å²) in [6, 6.07) is 6.21. The van der Waals surface area contributed by atoms with E-state index in [9.17, 15) is 13.2 Å². The van der Waals surface area contributed by atoms with E-state index in [0.717, 1.165) is 38.2 Å². The van der Waals surface area contributed by atoms with E-state index in [4.69, 9.17) is 0 Å². The van der Waals surface area contributed by atoms with Gasteiger partial charge in [-0.15, -0.1) is 12.4 Å². The predicted octanol–water partition coefficient (Wildman–Crippen LogP) is 3.31. The normalized spacial score (nSPS) is 26.2. The van der Waals surface area contributed by atoms with Crippen LogP contribution in [-0.2, 0) is 12.7 Å². The smallest absolute Gasteiger partial charge is 0.314 e. The Kier molecular flexibility index (Phi) is 5.17. The third kappa shape index (κ3) is 3.90. The quantitative estimate of drug-likeness (QED) is 0.899. The fourth-order valence-electron chi connectivity index (χ4n) is 3.32. The van der Waals surface area contributed by atoms with E-state index in [1.165, 1.54) is 18.6 Å². The highest BCUT2D eigenvalue weighted by atomic mass is 35.5. The van der Waals surface area contributed by atoms with Gasteiger partial charge in [-0.05, 0) is 49.5 Å². The molecule has 2 aliphatic rings. The van der Waals surface area contributed by atoms with Gasteiger partial charge in [-0.25, -0.2) is 0 Å². The van der Waals surface area contributed by atoms with Gasteiger partial charge in [0.1, 0.15) is 0 Å². The van der Waals surface area contributed by atoms with E-state index in [1.54, 1.807) is 12.1 Å². The number of benzene rings is 1. The molecule has 0 aliphatic carbocycles. The number of piperidine rings is 1. The van der Waals surface area contributed by atoms with Gasteiger partial charge in [-0.2, -0.15) is 13.2 Å². The first-order valence-electron chi connectivity index (χ1n) is 7.14. The predicted molar refractivity (Wildman–Crippen MR) is 78.5 cm³/mol. The minimum Gasteiger partial charge on any atom is -0.314 e. The van der Waals surface area contributed by atoms with Crippen molar-refractivity contribution in [2.75, 3.05) is 19.6 Å². The first-order valence-corrected chi connectivity index (χ1v) is 7.14. The van der Waals surface area contributed by atoms with Crippen LogP contribution in [0.15, 0.2) is 24.3 Å². The van der Waals surface area contributed by atoms with Crippen molar-refractivity contribution in [1.82, 2.24) is 10.2 Å². The van der Waals surface area contributed by atoms with Crippen molar-refractivity contribution in [1.29, 1.82) is 0 Å². The summed E-state index contributed by atoms with van der Waals surface area (Å²) >= 11 is 0. The topological polar surface area (TPSA) is 15.3 Å². The van der Waals surface area contributed by atoms with E-state index in [1.807, 2.05) is 0 Å². The van der Waals surface area contributed by atoms with Gasteiger partial charge in [0.2, 0.25) is 0 Å². The lowest BCUT2D eigenvalue weighted by Crippen LogP contribution is -2.43. The molecule has 0 aromatic heterocycles. The molecule has 21 heavy (non-hydrogen) atoms. The Morgan fingerprint density at radius 1 is 1.14 bits per heavy atom. The van der Waals surface area contributed by atoms with E-state index in [-0.39, 0.29) is 12.4 Å². The molecular formula is C15H20ClF3N2. The molecule has 1 aromatic rings. The van der Waals surface area contributed by atoms with Crippen LogP contribution in [0.25, 0.3) is 0 Å². The minimum absolute atomic E-state index is 0. The molecule has 2 fully saturated rings. The maximum atomic E-state index is 12.5. The summed E-state index contributed by atoms with van der Waals surface area (Å²) in [7, 11) is 0. The molecule has 1 N–H and O–H groups in total. The zero-order chi connectivity index (χ0) is 14.2. The molecule has 118 valence electrons. The summed E-state index contributed by atoms with van der Waals surface area (Å²) in [5, 5.41) is 3.52. The van der Waals surface area contributed by atoms with Gasteiger partial charge in [-0.1, -0.05) is 12.1 Å². The highest BCUT2D eigenvalue weighted by Gasteiger charge is 2.33. The van der Waals surface area contributed by atoms with Crippen LogP contribution in [0.1, 0.15) is 24.0 Å². The fraction of sp³-hybridized carbons (Fsp3) is 0.600. The monoisotopic (exact) mass is 320 g/mol. The minimum atomic E-state index is -4.24. The second-order valence-corrected chi connectivity index (χ2v) is 5.83. The molecular weight excluding hydrogens is 301 g/mol. The number of hydrogen-bond acceptors (Lipinski definition) is 2. The van der Waals surface area contributed by atoms with Gasteiger partial charge >= 0.3 is 6.18 Å². The second-order valence-electron chi connectivity index (χ2n) is 5.83. The number of halogens is 4. The van der Waals surface area contributed by atoms with Crippen LogP contribution < -0.4 is 5.32 Å². The van der Waals surface area contributed by atoms with Crippen molar-refractivity contribution in [2.24, 2.45) is 5.92 Å². The Morgan fingerprint density at radius 3 is 2.52 bits per heavy atom. The number of fused-ring (bicyclic) bond motifs is 1. The van der Waals surface area contributed by atoms with Crippen LogP contribution in [0, 0.1) is 5.92 Å². The Labute approximate surface area is 129 Å². The third-order valence-electron chi connectivity index (χ3n) is 4.43. The second kappa shape index (κ2) is 6.55. The van der Waals surface area contributed by atoms with Crippen molar-refractivity contribution in [3.8, 4) is 0 Å². The molecule has 2 unspecified atom stereocenters. The first kappa shape index (κ1) is 16.6. The van der Waals surface area contributed by atoms with Crippen LogP contribution in [0.2, 0.25) is 0 Å². The van der Waals surface area contributed by atoms with Crippen LogP contribution >= 0.6 is 12.4 Å². The lowest BCUT2D eigenvalue weighted by Gasteiger charge is -2.34.